The fourth-order valence-corrected chi connectivity index (χ4v) is 3.97. The van der Waals surface area contributed by atoms with Crippen LogP contribution < -0.4 is 14.8 Å². The number of hydrogen-bond acceptors (Lipinski definition) is 4. The molecule has 3 aromatic rings. The Morgan fingerprint density at radius 1 is 1.00 bits per heavy atom. The summed E-state index contributed by atoms with van der Waals surface area (Å²) < 4.78 is 46.3. The van der Waals surface area contributed by atoms with Gasteiger partial charge < -0.3 is 10.1 Å². The second-order valence-electron chi connectivity index (χ2n) is 6.57. The Morgan fingerprint density at radius 2 is 1.70 bits per heavy atom. The van der Waals surface area contributed by atoms with Crippen molar-refractivity contribution in [2.75, 3.05) is 11.9 Å². The number of benzene rings is 3. The molecule has 156 valence electrons. The van der Waals surface area contributed by atoms with Crippen LogP contribution in [0.25, 0.3) is 0 Å². The first-order valence-electron chi connectivity index (χ1n) is 9.19. The molecule has 0 bridgehead atoms. The number of hydrogen-bond donors (Lipinski definition) is 2. The highest BCUT2D eigenvalue weighted by molar-refractivity contribution is 7.89. The van der Waals surface area contributed by atoms with Gasteiger partial charge in [-0.3, -0.25) is 4.79 Å². The third kappa shape index (κ3) is 5.88. The number of halogens is 1. The minimum atomic E-state index is -3.72. The van der Waals surface area contributed by atoms with Gasteiger partial charge in [0.15, 0.2) is 6.61 Å². The first kappa shape index (κ1) is 21.5. The molecule has 1 amide bonds. The normalized spacial score (nSPS) is 12.2. The molecule has 0 spiro atoms. The Morgan fingerprint density at radius 3 is 2.37 bits per heavy atom. The van der Waals surface area contributed by atoms with Crippen LogP contribution in [0.3, 0.4) is 0 Å². The summed E-state index contributed by atoms with van der Waals surface area (Å²) in [5.74, 6) is -0.587. The smallest absolute Gasteiger partial charge is 0.262 e. The van der Waals surface area contributed by atoms with Crippen LogP contribution in [-0.4, -0.2) is 20.9 Å². The number of carbonyl (C=O) groups excluding carboxylic acids is 1. The van der Waals surface area contributed by atoms with Crippen LogP contribution >= 0.6 is 0 Å². The second kappa shape index (κ2) is 9.51. The van der Waals surface area contributed by atoms with Gasteiger partial charge in [-0.25, -0.2) is 17.5 Å². The lowest BCUT2D eigenvalue weighted by Gasteiger charge is -2.15. The summed E-state index contributed by atoms with van der Waals surface area (Å²) in [5, 5.41) is 2.52. The highest BCUT2D eigenvalue weighted by Crippen LogP contribution is 2.19. The summed E-state index contributed by atoms with van der Waals surface area (Å²) in [5.41, 5.74) is 1.17. The van der Waals surface area contributed by atoms with E-state index in [0.717, 1.165) is 5.56 Å². The van der Waals surface area contributed by atoms with Crippen molar-refractivity contribution in [3.63, 3.8) is 0 Å². The van der Waals surface area contributed by atoms with Crippen LogP contribution in [0, 0.1) is 5.82 Å². The van der Waals surface area contributed by atoms with E-state index >= 15 is 0 Å². The van der Waals surface area contributed by atoms with E-state index in [1.165, 1.54) is 42.5 Å². The zero-order valence-corrected chi connectivity index (χ0v) is 17.0. The van der Waals surface area contributed by atoms with Crippen LogP contribution in [0.5, 0.6) is 5.75 Å². The molecule has 0 fully saturated rings. The van der Waals surface area contributed by atoms with Crippen molar-refractivity contribution in [1.82, 2.24) is 4.72 Å². The van der Waals surface area contributed by atoms with Gasteiger partial charge in [0.25, 0.3) is 5.91 Å². The fraction of sp³-hybridized carbons (Fsp3) is 0.136. The van der Waals surface area contributed by atoms with Gasteiger partial charge in [0, 0.05) is 11.7 Å². The van der Waals surface area contributed by atoms with Crippen LogP contribution in [0.1, 0.15) is 18.5 Å². The quantitative estimate of drug-likeness (QED) is 0.570. The summed E-state index contributed by atoms with van der Waals surface area (Å²) in [7, 11) is -3.72. The predicted octanol–water partition coefficient (Wildman–Crippen LogP) is 3.88. The third-order valence-corrected chi connectivity index (χ3v) is 5.80. The number of anilines is 1. The topological polar surface area (TPSA) is 84.5 Å². The number of amides is 1. The van der Waals surface area contributed by atoms with E-state index < -0.39 is 27.8 Å². The lowest BCUT2D eigenvalue weighted by atomic mass is 10.1. The molecule has 3 aromatic carbocycles. The Kier molecular flexibility index (Phi) is 6.81. The molecule has 0 radical (unpaired) electrons. The lowest BCUT2D eigenvalue weighted by molar-refractivity contribution is -0.118. The van der Waals surface area contributed by atoms with Gasteiger partial charge in [0.2, 0.25) is 10.0 Å². The molecule has 0 aliphatic heterocycles. The van der Waals surface area contributed by atoms with Gasteiger partial charge in [-0.2, -0.15) is 0 Å². The Balaban J connectivity index is 1.56. The third-order valence-electron chi connectivity index (χ3n) is 4.24. The summed E-state index contributed by atoms with van der Waals surface area (Å²) in [6, 6.07) is 20.1. The summed E-state index contributed by atoms with van der Waals surface area (Å²) >= 11 is 0. The molecule has 6 nitrogen and oxygen atoms in total. The highest BCUT2D eigenvalue weighted by Gasteiger charge is 2.18. The van der Waals surface area contributed by atoms with E-state index in [1.54, 1.807) is 13.0 Å². The Labute approximate surface area is 174 Å². The van der Waals surface area contributed by atoms with Gasteiger partial charge in [-0.05, 0) is 55.0 Å². The number of carbonyl (C=O) groups is 1. The van der Waals surface area contributed by atoms with E-state index in [9.17, 15) is 17.6 Å². The molecule has 0 aliphatic carbocycles. The van der Waals surface area contributed by atoms with Gasteiger partial charge in [0.05, 0.1) is 4.90 Å². The van der Waals surface area contributed by atoms with E-state index in [-0.39, 0.29) is 11.5 Å². The molecule has 0 unspecified atom stereocenters. The van der Waals surface area contributed by atoms with E-state index in [1.807, 2.05) is 30.3 Å². The summed E-state index contributed by atoms with van der Waals surface area (Å²) in [4.78, 5) is 12.0. The maximum absolute atomic E-state index is 13.1. The Bertz CT molecular complexity index is 1100. The molecule has 0 saturated heterocycles. The largest absolute Gasteiger partial charge is 0.484 e. The van der Waals surface area contributed by atoms with Gasteiger partial charge in [-0.15, -0.1) is 0 Å². The number of rotatable bonds is 8. The first-order chi connectivity index (χ1) is 14.3. The predicted molar refractivity (Wildman–Crippen MR) is 112 cm³/mol. The average molecular weight is 428 g/mol. The molecular formula is C22H21FN2O4S. The van der Waals surface area contributed by atoms with Crippen LogP contribution in [-0.2, 0) is 14.8 Å². The molecule has 1 atom stereocenters. The van der Waals surface area contributed by atoms with E-state index in [4.69, 9.17) is 4.74 Å². The van der Waals surface area contributed by atoms with Crippen molar-refractivity contribution in [3.05, 3.63) is 90.2 Å². The standard InChI is InChI=1S/C22H21FN2O4S/c1-16(17-6-3-2-4-7-17)25-30(27,28)21-12-10-20(11-13-21)29-15-22(26)24-19-9-5-8-18(23)14-19/h2-14,16,25H,15H2,1H3,(H,24,26)/t16-/m0/s1. The molecule has 0 aliphatic rings. The number of ether oxygens (including phenoxy) is 1. The molecular weight excluding hydrogens is 407 g/mol. The molecule has 0 aromatic heterocycles. The lowest BCUT2D eigenvalue weighted by Crippen LogP contribution is -2.26. The van der Waals surface area contributed by atoms with Crippen LogP contribution in [0.15, 0.2) is 83.8 Å². The van der Waals surface area contributed by atoms with Gasteiger partial charge in [0.1, 0.15) is 11.6 Å². The first-order valence-corrected chi connectivity index (χ1v) is 10.7. The number of nitrogens with one attached hydrogen (secondary N) is 2. The monoisotopic (exact) mass is 428 g/mol. The summed E-state index contributed by atoms with van der Waals surface area (Å²) in [6.45, 7) is 1.47. The maximum atomic E-state index is 13.1. The molecule has 2 N–H and O–H groups in total. The average Bonchev–Trinajstić information content (AvgIpc) is 2.73. The fourth-order valence-electron chi connectivity index (χ4n) is 2.74. The Hall–Kier alpha value is -3.23. The van der Waals surface area contributed by atoms with E-state index in [0.29, 0.717) is 11.4 Å². The van der Waals surface area contributed by atoms with Crippen molar-refractivity contribution in [1.29, 1.82) is 0 Å². The van der Waals surface area contributed by atoms with E-state index in [2.05, 4.69) is 10.0 Å². The van der Waals surface area contributed by atoms with Crippen LogP contribution in [0.2, 0.25) is 0 Å². The molecule has 30 heavy (non-hydrogen) atoms. The van der Waals surface area contributed by atoms with Crippen molar-refractivity contribution >= 4 is 21.6 Å². The van der Waals surface area contributed by atoms with Crippen molar-refractivity contribution < 1.29 is 22.3 Å². The molecule has 0 saturated carbocycles. The minimum Gasteiger partial charge on any atom is -0.484 e. The number of sulfonamides is 1. The van der Waals surface area contributed by atoms with Gasteiger partial charge in [-0.1, -0.05) is 36.4 Å². The SMILES string of the molecule is C[C@H](NS(=O)(=O)c1ccc(OCC(=O)Nc2cccc(F)c2)cc1)c1ccccc1. The van der Waals surface area contributed by atoms with Crippen molar-refractivity contribution in [2.24, 2.45) is 0 Å². The second-order valence-corrected chi connectivity index (χ2v) is 8.29. The highest BCUT2D eigenvalue weighted by atomic mass is 32.2. The van der Waals surface area contributed by atoms with Crippen LogP contribution in [0.4, 0.5) is 10.1 Å². The van der Waals surface area contributed by atoms with Crippen molar-refractivity contribution in [2.45, 2.75) is 17.9 Å². The molecule has 8 heteroatoms. The zero-order chi connectivity index (χ0) is 21.6. The maximum Gasteiger partial charge on any atom is 0.262 e. The summed E-state index contributed by atoms with van der Waals surface area (Å²) in [6.07, 6.45) is 0. The van der Waals surface area contributed by atoms with Crippen molar-refractivity contribution in [3.8, 4) is 5.75 Å². The molecule has 3 rings (SSSR count). The zero-order valence-electron chi connectivity index (χ0n) is 16.2. The molecule has 0 heterocycles. The minimum absolute atomic E-state index is 0.0850. The van der Waals surface area contributed by atoms with Gasteiger partial charge >= 0.3 is 0 Å².